The van der Waals surface area contributed by atoms with E-state index in [0.29, 0.717) is 24.3 Å². The number of para-hydroxylation sites is 2. The summed E-state index contributed by atoms with van der Waals surface area (Å²) in [5, 5.41) is 20.5. The Hall–Kier alpha value is -8.71. The molecular weight excluding hydrogens is 1000 g/mol. The highest BCUT2D eigenvalue weighted by Crippen LogP contribution is 2.49. The average Bonchev–Trinajstić information content (AvgIpc) is 3.86. The van der Waals surface area contributed by atoms with Crippen LogP contribution in [0, 0.1) is 22.7 Å². The summed E-state index contributed by atoms with van der Waals surface area (Å²) in [5.74, 6) is 0. The molecule has 10 rings (SSSR count). The van der Waals surface area contributed by atoms with E-state index in [9.17, 15) is 63.2 Å². The summed E-state index contributed by atoms with van der Waals surface area (Å²) in [4.78, 5) is 0. The van der Waals surface area contributed by atoms with Crippen molar-refractivity contribution >= 4 is 43.6 Å². The van der Waals surface area contributed by atoms with Gasteiger partial charge in [0.25, 0.3) is 0 Å². The third-order valence-corrected chi connectivity index (χ3v) is 12.7. The van der Waals surface area contributed by atoms with Gasteiger partial charge in [0, 0.05) is 21.5 Å². The van der Waals surface area contributed by atoms with Crippen LogP contribution >= 0.6 is 0 Å². The Balaban J connectivity index is 1.30. The average molecular weight is 1030 g/mol. The van der Waals surface area contributed by atoms with Gasteiger partial charge in [-0.1, -0.05) is 60.7 Å². The van der Waals surface area contributed by atoms with Gasteiger partial charge in [-0.3, -0.25) is 0 Å². The number of benzene rings is 8. The van der Waals surface area contributed by atoms with Crippen LogP contribution in [0.4, 0.5) is 65.9 Å². The van der Waals surface area contributed by atoms with E-state index < -0.39 is 81.2 Å². The molecule has 2 heterocycles. The van der Waals surface area contributed by atoms with Gasteiger partial charge in [-0.25, -0.2) is 0 Å². The number of hydrogen-bond donors (Lipinski definition) is 0. The first-order chi connectivity index (χ1) is 34.8. The molecule has 0 fully saturated rings. The summed E-state index contributed by atoms with van der Waals surface area (Å²) in [7, 11) is 0. The van der Waals surface area contributed by atoms with Crippen molar-refractivity contribution in [2.24, 2.45) is 0 Å². The zero-order valence-electron chi connectivity index (χ0n) is 36.9. The van der Waals surface area contributed by atoms with Crippen molar-refractivity contribution in [1.29, 1.82) is 10.5 Å². The molecule has 74 heavy (non-hydrogen) atoms. The second-order valence-corrected chi connectivity index (χ2v) is 17.1. The second-order valence-electron chi connectivity index (χ2n) is 17.1. The molecular formula is C55H25F15N4. The summed E-state index contributed by atoms with van der Waals surface area (Å²) in [6, 6.07) is 31.1. The van der Waals surface area contributed by atoms with E-state index in [4.69, 9.17) is 0 Å². The first-order valence-corrected chi connectivity index (χ1v) is 21.6. The number of rotatable bonds is 5. The summed E-state index contributed by atoms with van der Waals surface area (Å²) in [5.41, 5.74) is -10.6. The van der Waals surface area contributed by atoms with Crippen molar-refractivity contribution in [2.45, 2.75) is 30.9 Å². The predicted octanol–water partition coefficient (Wildman–Crippen LogP) is 17.7. The number of halogens is 15. The molecule has 0 aliphatic carbocycles. The molecule has 0 saturated heterocycles. The molecule has 0 amide bonds. The van der Waals surface area contributed by atoms with Crippen molar-refractivity contribution in [1.82, 2.24) is 9.13 Å². The molecule has 0 atom stereocenters. The molecule has 2 aromatic heterocycles. The third-order valence-electron chi connectivity index (χ3n) is 12.7. The van der Waals surface area contributed by atoms with Gasteiger partial charge >= 0.3 is 30.9 Å². The summed E-state index contributed by atoms with van der Waals surface area (Å²) >= 11 is 0. The van der Waals surface area contributed by atoms with Gasteiger partial charge in [0.15, 0.2) is 0 Å². The molecule has 0 radical (unpaired) electrons. The second kappa shape index (κ2) is 16.9. The van der Waals surface area contributed by atoms with Crippen LogP contribution in [0.3, 0.4) is 0 Å². The number of nitrogens with zero attached hydrogens (tertiary/aromatic N) is 4. The van der Waals surface area contributed by atoms with Crippen LogP contribution in [0.15, 0.2) is 152 Å². The minimum Gasteiger partial charge on any atom is -0.309 e. The first-order valence-electron chi connectivity index (χ1n) is 21.6. The smallest absolute Gasteiger partial charge is 0.309 e. The Kier molecular flexibility index (Phi) is 11.2. The van der Waals surface area contributed by atoms with Crippen molar-refractivity contribution in [3.8, 4) is 56.9 Å². The lowest BCUT2D eigenvalue weighted by Crippen LogP contribution is -2.16. The van der Waals surface area contributed by atoms with E-state index in [1.165, 1.54) is 100 Å². The lowest BCUT2D eigenvalue weighted by Gasteiger charge is -2.23. The molecule has 4 nitrogen and oxygen atoms in total. The molecule has 0 bridgehead atoms. The van der Waals surface area contributed by atoms with Gasteiger partial charge < -0.3 is 9.13 Å². The van der Waals surface area contributed by atoms with Gasteiger partial charge in [-0.15, -0.1) is 0 Å². The van der Waals surface area contributed by atoms with E-state index in [1.54, 1.807) is 0 Å². The van der Waals surface area contributed by atoms with Crippen LogP contribution in [0.25, 0.3) is 88.4 Å². The Bertz CT molecular complexity index is 3790. The van der Waals surface area contributed by atoms with E-state index in [2.05, 4.69) is 0 Å². The summed E-state index contributed by atoms with van der Waals surface area (Å²) < 4.78 is 221. The minimum absolute atomic E-state index is 0.0131. The number of fused-ring (bicyclic) bond motifs is 6. The highest BCUT2D eigenvalue weighted by Gasteiger charge is 2.42. The quantitative estimate of drug-likeness (QED) is 0.161. The lowest BCUT2D eigenvalue weighted by molar-refractivity contribution is -0.144. The normalized spacial score (nSPS) is 12.8. The van der Waals surface area contributed by atoms with Crippen LogP contribution in [-0.2, 0) is 30.9 Å². The third kappa shape index (κ3) is 8.37. The first kappa shape index (κ1) is 48.9. The molecule has 0 aliphatic heterocycles. The highest BCUT2D eigenvalue weighted by molar-refractivity contribution is 6.12. The molecule has 10 aromatic rings. The fourth-order valence-corrected chi connectivity index (χ4v) is 9.56. The maximum atomic E-state index is 16.5. The van der Waals surface area contributed by atoms with Crippen LogP contribution in [0.5, 0.6) is 0 Å². The number of nitriles is 2. The molecule has 0 unspecified atom stereocenters. The zero-order chi connectivity index (χ0) is 53.0. The van der Waals surface area contributed by atoms with Crippen molar-refractivity contribution < 1.29 is 65.9 Å². The largest absolute Gasteiger partial charge is 0.420 e. The van der Waals surface area contributed by atoms with Gasteiger partial charge in [0.1, 0.15) is 5.56 Å². The van der Waals surface area contributed by atoms with E-state index >= 15 is 13.2 Å². The van der Waals surface area contributed by atoms with Crippen molar-refractivity contribution in [3.63, 3.8) is 0 Å². The van der Waals surface area contributed by atoms with Crippen molar-refractivity contribution in [2.75, 3.05) is 0 Å². The maximum Gasteiger partial charge on any atom is 0.420 e. The standard InChI is InChI=1S/C55H25F15N4/c56-51(57,58)34-11-13-36(42(24-34)53(62,63)64)30-9-15-46-40(20-30)38-5-1-3-7-44(38)73(46)48-22-33(32-18-28(26-71)17-29(19-32)27-72)23-49(50(48)55(68,69)70)74-45-8-4-2-6-39(45)41-21-31(10-16-47(41)74)37-14-12-35(52(59,60)61)25-43(37)54(65,66)67/h1-25H. The zero-order valence-corrected chi connectivity index (χ0v) is 36.9. The molecule has 370 valence electrons. The Morgan fingerprint density at radius 3 is 1.07 bits per heavy atom. The van der Waals surface area contributed by atoms with Gasteiger partial charge in [0.2, 0.25) is 0 Å². The molecule has 0 spiro atoms. The Morgan fingerprint density at radius 2 is 0.703 bits per heavy atom. The van der Waals surface area contributed by atoms with Gasteiger partial charge in [-0.05, 0) is 124 Å². The van der Waals surface area contributed by atoms with Gasteiger partial charge in [0.05, 0.1) is 79.0 Å². The summed E-state index contributed by atoms with van der Waals surface area (Å²) in [6.07, 6.45) is -26.1. The number of alkyl halides is 15. The Morgan fingerprint density at radius 1 is 0.324 bits per heavy atom. The predicted molar refractivity (Wildman–Crippen MR) is 246 cm³/mol. The minimum atomic E-state index is -5.31. The highest BCUT2D eigenvalue weighted by atomic mass is 19.4. The van der Waals surface area contributed by atoms with E-state index in [-0.39, 0.29) is 89.1 Å². The van der Waals surface area contributed by atoms with Crippen LogP contribution < -0.4 is 0 Å². The fraction of sp³-hybridized carbons (Fsp3) is 0.0909. The van der Waals surface area contributed by atoms with Crippen molar-refractivity contribution in [3.05, 3.63) is 191 Å². The van der Waals surface area contributed by atoms with Gasteiger partial charge in [-0.2, -0.15) is 76.4 Å². The van der Waals surface area contributed by atoms with Crippen LogP contribution in [-0.4, -0.2) is 9.13 Å². The molecule has 19 heteroatoms. The molecule has 0 aliphatic rings. The number of aromatic nitrogens is 2. The monoisotopic (exact) mass is 1030 g/mol. The fourth-order valence-electron chi connectivity index (χ4n) is 9.56. The summed E-state index contributed by atoms with van der Waals surface area (Å²) in [6.45, 7) is 0. The van der Waals surface area contributed by atoms with E-state index in [0.717, 1.165) is 24.3 Å². The molecule has 8 aromatic carbocycles. The SMILES string of the molecule is N#Cc1cc(C#N)cc(-c2cc(-n3c4ccccc4c4cc(-c5ccc(C(F)(F)F)cc5C(F)(F)F)ccc43)c(C(F)(F)F)c(-n3c4ccccc4c4cc(-c5ccc(C(F)(F)F)cc5C(F)(F)F)ccc43)c2)c1. The van der Waals surface area contributed by atoms with E-state index in [1.807, 2.05) is 12.1 Å². The molecule has 0 saturated carbocycles. The maximum absolute atomic E-state index is 16.5. The molecule has 0 N–H and O–H groups in total. The van der Waals surface area contributed by atoms with Crippen LogP contribution in [0.1, 0.15) is 38.9 Å². The Labute approximate surface area is 406 Å². The number of hydrogen-bond acceptors (Lipinski definition) is 2. The van der Waals surface area contributed by atoms with Crippen LogP contribution in [0.2, 0.25) is 0 Å². The topological polar surface area (TPSA) is 57.4 Å². The lowest BCUT2D eigenvalue weighted by atomic mass is 9.95.